The Hall–Kier alpha value is -0.880. The predicted octanol–water partition coefficient (Wildman–Crippen LogP) is 4.20. The van der Waals surface area contributed by atoms with Crippen molar-refractivity contribution >= 4 is 31.7 Å². The van der Waals surface area contributed by atoms with Crippen LogP contribution in [-0.2, 0) is 9.84 Å². The molecule has 0 aromatic heterocycles. The maximum Gasteiger partial charge on any atom is 0.335 e. The van der Waals surface area contributed by atoms with E-state index in [-0.39, 0.29) is 16.2 Å². The maximum absolute atomic E-state index is 12.4. The molecule has 0 saturated carbocycles. The zero-order valence-corrected chi connectivity index (χ0v) is 14.8. The van der Waals surface area contributed by atoms with Gasteiger partial charge in [0.1, 0.15) is 0 Å². The molecule has 0 heterocycles. The minimum Gasteiger partial charge on any atom is -0.478 e. The van der Waals surface area contributed by atoms with E-state index in [2.05, 4.69) is 22.9 Å². The monoisotopic (exact) mass is 376 g/mol. The van der Waals surface area contributed by atoms with Gasteiger partial charge < -0.3 is 5.11 Å². The van der Waals surface area contributed by atoms with Gasteiger partial charge in [-0.05, 0) is 31.0 Å². The van der Waals surface area contributed by atoms with Gasteiger partial charge in [0.15, 0.2) is 9.84 Å². The van der Waals surface area contributed by atoms with E-state index in [1.807, 2.05) is 0 Å². The number of hydrogen-bond donors (Lipinski definition) is 1. The second-order valence-electron chi connectivity index (χ2n) is 5.12. The van der Waals surface area contributed by atoms with Gasteiger partial charge in [0, 0.05) is 4.47 Å². The van der Waals surface area contributed by atoms with Crippen LogP contribution in [0.5, 0.6) is 0 Å². The van der Waals surface area contributed by atoms with Crippen molar-refractivity contribution in [3.8, 4) is 0 Å². The SMILES string of the molecule is CCCCCCCS(=O)(=O)c1cc(C(=O)O)cc(Br)c1C. The van der Waals surface area contributed by atoms with Gasteiger partial charge in [0.25, 0.3) is 0 Å². The molecule has 0 amide bonds. The number of rotatable bonds is 8. The molecule has 118 valence electrons. The van der Waals surface area contributed by atoms with E-state index in [0.717, 1.165) is 25.7 Å². The van der Waals surface area contributed by atoms with Crippen LogP contribution < -0.4 is 0 Å². The van der Waals surface area contributed by atoms with Crippen LogP contribution in [0.25, 0.3) is 0 Å². The van der Waals surface area contributed by atoms with Crippen molar-refractivity contribution in [2.75, 3.05) is 5.75 Å². The fourth-order valence-corrected chi connectivity index (χ4v) is 4.38. The van der Waals surface area contributed by atoms with Crippen LogP contribution in [0, 0.1) is 6.92 Å². The Morgan fingerprint density at radius 3 is 2.38 bits per heavy atom. The van der Waals surface area contributed by atoms with Crippen molar-refractivity contribution in [1.82, 2.24) is 0 Å². The standard InChI is InChI=1S/C15H21BrO4S/c1-3-4-5-6-7-8-21(19,20)14-10-12(15(17)18)9-13(16)11(14)2/h9-10H,3-8H2,1-2H3,(H,17,18). The topological polar surface area (TPSA) is 71.4 Å². The molecular weight excluding hydrogens is 356 g/mol. The molecule has 0 spiro atoms. The third-order valence-corrected chi connectivity index (χ3v) is 6.14. The summed E-state index contributed by atoms with van der Waals surface area (Å²) in [5, 5.41) is 9.05. The second-order valence-corrected chi connectivity index (χ2v) is 8.05. The number of hydrogen-bond acceptors (Lipinski definition) is 3. The van der Waals surface area contributed by atoms with Gasteiger partial charge in [0.2, 0.25) is 0 Å². The van der Waals surface area contributed by atoms with Crippen molar-refractivity contribution < 1.29 is 18.3 Å². The number of benzene rings is 1. The lowest BCUT2D eigenvalue weighted by Crippen LogP contribution is -2.11. The van der Waals surface area contributed by atoms with Crippen LogP contribution in [0.2, 0.25) is 0 Å². The summed E-state index contributed by atoms with van der Waals surface area (Å²) in [6, 6.07) is 2.68. The Morgan fingerprint density at radius 1 is 1.19 bits per heavy atom. The Bertz CT molecular complexity index is 608. The highest BCUT2D eigenvalue weighted by atomic mass is 79.9. The Kier molecular flexibility index (Phi) is 6.87. The van der Waals surface area contributed by atoms with Crippen molar-refractivity contribution in [2.24, 2.45) is 0 Å². The van der Waals surface area contributed by atoms with Crippen LogP contribution in [0.1, 0.15) is 54.9 Å². The highest BCUT2D eigenvalue weighted by Gasteiger charge is 2.20. The minimum absolute atomic E-state index is 0.0166. The molecule has 0 fully saturated rings. The van der Waals surface area contributed by atoms with E-state index in [4.69, 9.17) is 5.11 Å². The lowest BCUT2D eigenvalue weighted by Gasteiger charge is -2.10. The Morgan fingerprint density at radius 2 is 1.81 bits per heavy atom. The molecular formula is C15H21BrO4S. The van der Waals surface area contributed by atoms with Crippen molar-refractivity contribution in [2.45, 2.75) is 50.8 Å². The van der Waals surface area contributed by atoms with Crippen LogP contribution in [-0.4, -0.2) is 25.2 Å². The number of carbonyl (C=O) groups is 1. The molecule has 21 heavy (non-hydrogen) atoms. The number of unbranched alkanes of at least 4 members (excludes halogenated alkanes) is 4. The fourth-order valence-electron chi connectivity index (χ4n) is 2.11. The van der Waals surface area contributed by atoms with Crippen LogP contribution in [0.15, 0.2) is 21.5 Å². The zero-order valence-electron chi connectivity index (χ0n) is 12.4. The van der Waals surface area contributed by atoms with E-state index < -0.39 is 15.8 Å². The molecule has 0 aliphatic rings. The maximum atomic E-state index is 12.4. The van der Waals surface area contributed by atoms with E-state index >= 15 is 0 Å². The first-order chi connectivity index (χ1) is 9.79. The normalized spacial score (nSPS) is 11.6. The summed E-state index contributed by atoms with van der Waals surface area (Å²) in [7, 11) is -3.45. The summed E-state index contributed by atoms with van der Waals surface area (Å²) < 4.78 is 25.3. The fraction of sp³-hybridized carbons (Fsp3) is 0.533. The van der Waals surface area contributed by atoms with Gasteiger partial charge in [-0.2, -0.15) is 0 Å². The molecule has 1 rings (SSSR count). The average Bonchev–Trinajstić information content (AvgIpc) is 2.40. The largest absolute Gasteiger partial charge is 0.478 e. The molecule has 0 aliphatic heterocycles. The van der Waals surface area contributed by atoms with Gasteiger partial charge in [0.05, 0.1) is 16.2 Å². The highest BCUT2D eigenvalue weighted by Crippen LogP contribution is 2.27. The summed E-state index contributed by atoms with van der Waals surface area (Å²) in [6.45, 7) is 3.79. The van der Waals surface area contributed by atoms with E-state index in [1.165, 1.54) is 12.1 Å². The lowest BCUT2D eigenvalue weighted by molar-refractivity contribution is 0.0696. The first-order valence-corrected chi connectivity index (χ1v) is 9.50. The molecule has 4 nitrogen and oxygen atoms in total. The zero-order chi connectivity index (χ0) is 16.0. The van der Waals surface area contributed by atoms with E-state index in [0.29, 0.717) is 16.5 Å². The van der Waals surface area contributed by atoms with Crippen molar-refractivity contribution in [1.29, 1.82) is 0 Å². The molecule has 0 unspecified atom stereocenters. The number of carboxylic acids is 1. The molecule has 0 saturated heterocycles. The van der Waals surface area contributed by atoms with Crippen LogP contribution >= 0.6 is 15.9 Å². The molecule has 0 bridgehead atoms. The summed E-state index contributed by atoms with van der Waals surface area (Å²) in [4.78, 5) is 11.2. The van der Waals surface area contributed by atoms with E-state index in [9.17, 15) is 13.2 Å². The Balaban J connectivity index is 2.94. The smallest absolute Gasteiger partial charge is 0.335 e. The molecule has 1 aromatic rings. The summed E-state index contributed by atoms with van der Waals surface area (Å²) >= 11 is 3.23. The van der Waals surface area contributed by atoms with Gasteiger partial charge >= 0.3 is 5.97 Å². The third-order valence-electron chi connectivity index (χ3n) is 3.40. The average molecular weight is 377 g/mol. The summed E-state index contributed by atoms with van der Waals surface area (Å²) in [5.74, 6) is -1.07. The molecule has 1 aromatic carbocycles. The number of carboxylic acid groups (broad SMARTS) is 1. The van der Waals surface area contributed by atoms with Gasteiger partial charge in [-0.1, -0.05) is 48.5 Å². The lowest BCUT2D eigenvalue weighted by atomic mass is 10.1. The van der Waals surface area contributed by atoms with Crippen LogP contribution in [0.3, 0.4) is 0 Å². The molecule has 6 heteroatoms. The third kappa shape index (κ3) is 5.11. The van der Waals surface area contributed by atoms with Gasteiger partial charge in [-0.15, -0.1) is 0 Å². The quantitative estimate of drug-likeness (QED) is 0.690. The van der Waals surface area contributed by atoms with Crippen molar-refractivity contribution in [3.63, 3.8) is 0 Å². The summed E-state index contributed by atoms with van der Waals surface area (Å²) in [6.07, 6.45) is 4.74. The van der Waals surface area contributed by atoms with Gasteiger partial charge in [-0.25, -0.2) is 13.2 Å². The predicted molar refractivity (Wildman–Crippen MR) is 86.7 cm³/mol. The first kappa shape index (κ1) is 18.2. The van der Waals surface area contributed by atoms with E-state index in [1.54, 1.807) is 6.92 Å². The van der Waals surface area contributed by atoms with Crippen LogP contribution in [0.4, 0.5) is 0 Å². The number of aromatic carboxylic acids is 1. The molecule has 0 radical (unpaired) electrons. The molecule has 1 N–H and O–H groups in total. The van der Waals surface area contributed by atoms with Crippen molar-refractivity contribution in [3.05, 3.63) is 27.7 Å². The first-order valence-electron chi connectivity index (χ1n) is 7.05. The summed E-state index contributed by atoms with van der Waals surface area (Å²) in [5.41, 5.74) is 0.547. The number of sulfone groups is 1. The minimum atomic E-state index is -3.45. The molecule has 0 aliphatic carbocycles. The molecule has 0 atom stereocenters. The highest BCUT2D eigenvalue weighted by molar-refractivity contribution is 9.10. The Labute approximate surface area is 134 Å². The number of halogens is 1. The van der Waals surface area contributed by atoms with Gasteiger partial charge in [-0.3, -0.25) is 0 Å². The second kappa shape index (κ2) is 7.94.